The van der Waals surface area contributed by atoms with Gasteiger partial charge in [-0.1, -0.05) is 23.7 Å². The molecule has 3 aromatic carbocycles. The van der Waals surface area contributed by atoms with Gasteiger partial charge in [0.05, 0.1) is 21.2 Å². The van der Waals surface area contributed by atoms with Gasteiger partial charge in [0.25, 0.3) is 20.0 Å². The third-order valence-corrected chi connectivity index (χ3v) is 7.37. The molecule has 3 aromatic rings. The molecule has 30 heavy (non-hydrogen) atoms. The number of nitrogens with one attached hydrogen (secondary N) is 2. The minimum absolute atomic E-state index is 0.00434. The summed E-state index contributed by atoms with van der Waals surface area (Å²) in [4.78, 5) is -0.242. The lowest BCUT2D eigenvalue weighted by molar-refractivity contribution is 0.477. The smallest absolute Gasteiger partial charge is 0.262 e. The van der Waals surface area contributed by atoms with E-state index in [0.717, 1.165) is 29.3 Å². The van der Waals surface area contributed by atoms with Gasteiger partial charge in [-0.25, -0.2) is 16.8 Å². The number of phenolic OH excluding ortho intramolecular Hbond substituents is 1. The van der Waals surface area contributed by atoms with Crippen LogP contribution in [-0.2, 0) is 20.0 Å². The Morgan fingerprint density at radius 2 is 1.40 bits per heavy atom. The summed E-state index contributed by atoms with van der Waals surface area (Å²) in [5.74, 6) is -0.413. The largest absolute Gasteiger partial charge is 0.506 e. The Kier molecular flexibility index (Phi) is 5.98. The van der Waals surface area contributed by atoms with Crippen molar-refractivity contribution in [3.63, 3.8) is 0 Å². The quantitative estimate of drug-likeness (QED) is 0.470. The Morgan fingerprint density at radius 3 is 2.07 bits per heavy atom. The molecule has 0 aromatic heterocycles. The monoisotopic (exact) mass is 466 g/mol. The fourth-order valence-corrected chi connectivity index (χ4v) is 5.03. The van der Waals surface area contributed by atoms with Crippen molar-refractivity contribution in [1.29, 1.82) is 0 Å². The zero-order chi connectivity index (χ0) is 22.1. The molecular weight excluding hydrogens is 448 g/mol. The Labute approximate surface area is 180 Å². The average molecular weight is 467 g/mol. The van der Waals surface area contributed by atoms with E-state index in [-0.39, 0.29) is 21.2 Å². The van der Waals surface area contributed by atoms with Crippen LogP contribution in [0.5, 0.6) is 5.75 Å². The summed E-state index contributed by atoms with van der Waals surface area (Å²) in [6.07, 6.45) is 0. The highest BCUT2D eigenvalue weighted by atomic mass is 35.5. The van der Waals surface area contributed by atoms with Crippen LogP contribution in [0.2, 0.25) is 5.02 Å². The number of sulfonamides is 2. The summed E-state index contributed by atoms with van der Waals surface area (Å²) in [5, 5.41) is 10.4. The van der Waals surface area contributed by atoms with Gasteiger partial charge in [-0.15, -0.1) is 0 Å². The second-order valence-corrected chi connectivity index (χ2v) is 10.4. The SMILES string of the molecule is Cc1ccc(S(=O)(=O)Nc2cc(S(=O)(=O)Nc3cccc(Cl)c3)ccc2O)cc1C. The molecule has 0 heterocycles. The Hall–Kier alpha value is -2.75. The average Bonchev–Trinajstić information content (AvgIpc) is 2.65. The molecule has 0 saturated carbocycles. The molecule has 0 amide bonds. The first-order valence-electron chi connectivity index (χ1n) is 8.69. The summed E-state index contributed by atoms with van der Waals surface area (Å²) in [6, 6.07) is 14.0. The van der Waals surface area contributed by atoms with Crippen LogP contribution in [0.3, 0.4) is 0 Å². The Balaban J connectivity index is 1.94. The van der Waals surface area contributed by atoms with Crippen LogP contribution in [0.15, 0.2) is 70.5 Å². The normalized spacial score (nSPS) is 11.8. The van der Waals surface area contributed by atoms with E-state index in [1.165, 1.54) is 24.3 Å². The molecule has 0 atom stereocenters. The van der Waals surface area contributed by atoms with Crippen LogP contribution < -0.4 is 9.44 Å². The summed E-state index contributed by atoms with van der Waals surface area (Å²) < 4.78 is 55.4. The highest BCUT2D eigenvalue weighted by molar-refractivity contribution is 7.93. The summed E-state index contributed by atoms with van der Waals surface area (Å²) >= 11 is 5.87. The molecule has 0 aliphatic carbocycles. The van der Waals surface area contributed by atoms with E-state index in [2.05, 4.69) is 9.44 Å². The number of rotatable bonds is 6. The maximum atomic E-state index is 12.7. The van der Waals surface area contributed by atoms with Crippen LogP contribution in [0.25, 0.3) is 0 Å². The van der Waals surface area contributed by atoms with Gasteiger partial charge < -0.3 is 5.11 Å². The van der Waals surface area contributed by atoms with Crippen molar-refractivity contribution in [2.75, 3.05) is 9.44 Å². The van der Waals surface area contributed by atoms with Crippen LogP contribution in [0.4, 0.5) is 11.4 Å². The van der Waals surface area contributed by atoms with E-state index in [4.69, 9.17) is 11.6 Å². The fraction of sp³-hybridized carbons (Fsp3) is 0.100. The molecule has 3 rings (SSSR count). The topological polar surface area (TPSA) is 113 Å². The Morgan fingerprint density at radius 1 is 0.767 bits per heavy atom. The van der Waals surface area contributed by atoms with Crippen molar-refractivity contribution in [3.8, 4) is 5.75 Å². The van der Waals surface area contributed by atoms with E-state index < -0.39 is 25.8 Å². The summed E-state index contributed by atoms with van der Waals surface area (Å²) in [5.41, 5.74) is 1.69. The summed E-state index contributed by atoms with van der Waals surface area (Å²) in [6.45, 7) is 3.63. The first kappa shape index (κ1) is 21.9. The second kappa shape index (κ2) is 8.17. The first-order chi connectivity index (χ1) is 14.0. The van der Waals surface area contributed by atoms with Crippen molar-refractivity contribution in [3.05, 3.63) is 76.8 Å². The van der Waals surface area contributed by atoms with Crippen LogP contribution in [-0.4, -0.2) is 21.9 Å². The molecule has 7 nitrogen and oxygen atoms in total. The standard InChI is InChI=1S/C20H19ClN2O5S2/c1-13-6-7-17(10-14(13)2)30(27,28)23-19-12-18(8-9-20(19)24)29(25,26)22-16-5-3-4-15(21)11-16/h3-12,22-24H,1-2H3. The van der Waals surface area contributed by atoms with Crippen molar-refractivity contribution in [2.24, 2.45) is 0 Å². The Bertz CT molecular complexity index is 1320. The number of halogens is 1. The molecule has 0 spiro atoms. The van der Waals surface area contributed by atoms with Crippen LogP contribution in [0, 0.1) is 13.8 Å². The van der Waals surface area contributed by atoms with Gasteiger partial charge in [-0.3, -0.25) is 9.44 Å². The molecule has 0 aliphatic rings. The van der Waals surface area contributed by atoms with E-state index >= 15 is 0 Å². The molecule has 10 heteroatoms. The van der Waals surface area contributed by atoms with Gasteiger partial charge in [0.15, 0.2) is 0 Å². The van der Waals surface area contributed by atoms with Gasteiger partial charge in [0.2, 0.25) is 0 Å². The lowest BCUT2D eigenvalue weighted by Crippen LogP contribution is -2.16. The van der Waals surface area contributed by atoms with Gasteiger partial charge in [-0.05, 0) is 73.5 Å². The van der Waals surface area contributed by atoms with Crippen molar-refractivity contribution >= 4 is 43.0 Å². The highest BCUT2D eigenvalue weighted by Crippen LogP contribution is 2.30. The molecule has 3 N–H and O–H groups in total. The molecule has 0 unspecified atom stereocenters. The molecule has 0 radical (unpaired) electrons. The van der Waals surface area contributed by atoms with Gasteiger partial charge in [-0.2, -0.15) is 0 Å². The number of anilines is 2. The number of aryl methyl sites for hydroxylation is 2. The maximum Gasteiger partial charge on any atom is 0.262 e. The number of benzene rings is 3. The lowest BCUT2D eigenvalue weighted by Gasteiger charge is -2.13. The number of phenols is 1. The lowest BCUT2D eigenvalue weighted by atomic mass is 10.1. The molecule has 0 fully saturated rings. The predicted molar refractivity (Wildman–Crippen MR) is 117 cm³/mol. The molecule has 0 saturated heterocycles. The molecule has 0 bridgehead atoms. The van der Waals surface area contributed by atoms with E-state index in [1.54, 1.807) is 25.1 Å². The molecule has 0 aliphatic heterocycles. The maximum absolute atomic E-state index is 12.7. The fourth-order valence-electron chi connectivity index (χ4n) is 2.61. The van der Waals surface area contributed by atoms with E-state index in [0.29, 0.717) is 5.02 Å². The summed E-state index contributed by atoms with van der Waals surface area (Å²) in [7, 11) is -8.10. The first-order valence-corrected chi connectivity index (χ1v) is 12.0. The second-order valence-electron chi connectivity index (χ2n) is 6.65. The van der Waals surface area contributed by atoms with Gasteiger partial charge in [0, 0.05) is 5.02 Å². The molecule has 158 valence electrons. The van der Waals surface area contributed by atoms with Crippen molar-refractivity contribution in [1.82, 2.24) is 0 Å². The minimum Gasteiger partial charge on any atom is -0.506 e. The zero-order valence-electron chi connectivity index (χ0n) is 16.0. The third kappa shape index (κ3) is 4.86. The number of hydrogen-bond acceptors (Lipinski definition) is 5. The van der Waals surface area contributed by atoms with Crippen molar-refractivity contribution in [2.45, 2.75) is 23.6 Å². The van der Waals surface area contributed by atoms with E-state index in [1.807, 2.05) is 6.92 Å². The van der Waals surface area contributed by atoms with Crippen molar-refractivity contribution < 1.29 is 21.9 Å². The molecular formula is C20H19ClN2O5S2. The number of aromatic hydroxyl groups is 1. The minimum atomic E-state index is -4.06. The van der Waals surface area contributed by atoms with Gasteiger partial charge >= 0.3 is 0 Å². The number of hydrogen-bond donors (Lipinski definition) is 3. The van der Waals surface area contributed by atoms with E-state index in [9.17, 15) is 21.9 Å². The van der Waals surface area contributed by atoms with Gasteiger partial charge in [0.1, 0.15) is 5.75 Å². The third-order valence-electron chi connectivity index (χ3n) is 4.39. The zero-order valence-corrected chi connectivity index (χ0v) is 18.4. The predicted octanol–water partition coefficient (Wildman–Crippen LogP) is 4.26. The van der Waals surface area contributed by atoms with Crippen LogP contribution >= 0.6 is 11.6 Å². The highest BCUT2D eigenvalue weighted by Gasteiger charge is 2.21. The van der Waals surface area contributed by atoms with Crippen LogP contribution in [0.1, 0.15) is 11.1 Å².